The van der Waals surface area contributed by atoms with E-state index in [0.717, 1.165) is 25.2 Å². The Kier molecular flexibility index (Phi) is 4.22. The van der Waals surface area contributed by atoms with Crippen LogP contribution >= 0.6 is 0 Å². The molecular weight excluding hydrogens is 274 g/mol. The molecule has 0 aromatic heterocycles. The van der Waals surface area contributed by atoms with Crippen LogP contribution in [0.15, 0.2) is 54.6 Å². The summed E-state index contributed by atoms with van der Waals surface area (Å²) in [7, 11) is 0. The molecular formula is C18H21N3O. The normalized spacial score (nSPS) is 21.9. The van der Waals surface area contributed by atoms with Crippen molar-refractivity contribution in [2.75, 3.05) is 13.1 Å². The fourth-order valence-corrected chi connectivity index (χ4v) is 3.18. The van der Waals surface area contributed by atoms with Gasteiger partial charge in [-0.25, -0.2) is 0 Å². The molecule has 0 bridgehead atoms. The molecule has 2 aromatic rings. The van der Waals surface area contributed by atoms with Crippen molar-refractivity contribution in [2.24, 2.45) is 11.5 Å². The summed E-state index contributed by atoms with van der Waals surface area (Å²) in [4.78, 5) is 13.6. The third-order valence-corrected chi connectivity index (χ3v) is 4.29. The first-order valence-electron chi connectivity index (χ1n) is 7.55. The number of likely N-dealkylation sites (tertiary alicyclic amines) is 1. The van der Waals surface area contributed by atoms with Gasteiger partial charge < -0.3 is 11.5 Å². The molecule has 2 atom stereocenters. The van der Waals surface area contributed by atoms with Crippen molar-refractivity contribution in [3.63, 3.8) is 0 Å². The van der Waals surface area contributed by atoms with E-state index in [1.54, 1.807) is 6.07 Å². The monoisotopic (exact) mass is 295 g/mol. The molecule has 0 spiro atoms. The second kappa shape index (κ2) is 6.30. The van der Waals surface area contributed by atoms with Crippen LogP contribution in [-0.4, -0.2) is 29.9 Å². The number of benzene rings is 2. The summed E-state index contributed by atoms with van der Waals surface area (Å²) in [5.41, 5.74) is 14.6. The first-order chi connectivity index (χ1) is 10.6. The minimum absolute atomic E-state index is 0.140. The first-order valence-corrected chi connectivity index (χ1v) is 7.55. The molecule has 0 aliphatic carbocycles. The molecule has 0 radical (unpaired) electrons. The maximum Gasteiger partial charge on any atom is 0.248 e. The number of carbonyl (C=O) groups is 1. The van der Waals surface area contributed by atoms with E-state index in [9.17, 15) is 4.79 Å². The highest BCUT2D eigenvalue weighted by Gasteiger charge is 2.30. The third kappa shape index (κ3) is 3.18. The summed E-state index contributed by atoms with van der Waals surface area (Å²) in [6, 6.07) is 18.1. The fraction of sp³-hybridized carbons (Fsp3) is 0.278. The average Bonchev–Trinajstić information content (AvgIpc) is 2.89. The van der Waals surface area contributed by atoms with Crippen LogP contribution in [0.3, 0.4) is 0 Å². The molecule has 1 saturated heterocycles. The van der Waals surface area contributed by atoms with Crippen LogP contribution in [0, 0.1) is 0 Å². The number of hydrogen-bond donors (Lipinski definition) is 2. The molecule has 114 valence electrons. The molecule has 1 heterocycles. The van der Waals surface area contributed by atoms with E-state index in [1.165, 1.54) is 5.56 Å². The van der Waals surface area contributed by atoms with Gasteiger partial charge in [0.25, 0.3) is 0 Å². The van der Waals surface area contributed by atoms with Crippen LogP contribution in [0.5, 0.6) is 0 Å². The van der Waals surface area contributed by atoms with Crippen molar-refractivity contribution in [1.82, 2.24) is 4.90 Å². The lowest BCUT2D eigenvalue weighted by atomic mass is 9.95. The van der Waals surface area contributed by atoms with Crippen molar-refractivity contribution >= 4 is 5.91 Å². The van der Waals surface area contributed by atoms with Gasteiger partial charge in [-0.1, -0.05) is 42.5 Å². The number of carbonyl (C=O) groups excluding carboxylic acids is 1. The molecule has 4 heteroatoms. The van der Waals surface area contributed by atoms with Gasteiger partial charge in [-0.15, -0.1) is 0 Å². The minimum atomic E-state index is -0.387. The fourth-order valence-electron chi connectivity index (χ4n) is 3.18. The van der Waals surface area contributed by atoms with Gasteiger partial charge in [0.2, 0.25) is 5.91 Å². The number of nitrogens with two attached hydrogens (primary N) is 2. The number of rotatable bonds is 4. The Labute approximate surface area is 130 Å². The molecule has 2 aromatic carbocycles. The molecule has 0 saturated carbocycles. The van der Waals surface area contributed by atoms with Gasteiger partial charge >= 0.3 is 0 Å². The van der Waals surface area contributed by atoms with Crippen molar-refractivity contribution in [3.05, 3.63) is 71.3 Å². The molecule has 1 aliphatic rings. The zero-order valence-electron chi connectivity index (χ0n) is 12.5. The molecule has 22 heavy (non-hydrogen) atoms. The SMILES string of the molecule is NC(=O)c1cccc(CN2C[C@@H](N)[C@H](c3ccccc3)C2)c1. The highest BCUT2D eigenvalue weighted by molar-refractivity contribution is 5.92. The van der Waals surface area contributed by atoms with E-state index < -0.39 is 0 Å². The lowest BCUT2D eigenvalue weighted by Crippen LogP contribution is -2.28. The number of nitrogens with zero attached hydrogens (tertiary/aromatic N) is 1. The summed E-state index contributed by atoms with van der Waals surface area (Å²) < 4.78 is 0. The smallest absolute Gasteiger partial charge is 0.248 e. The lowest BCUT2D eigenvalue weighted by Gasteiger charge is -2.16. The Hall–Kier alpha value is -2.17. The van der Waals surface area contributed by atoms with Crippen LogP contribution in [-0.2, 0) is 6.54 Å². The van der Waals surface area contributed by atoms with E-state index in [0.29, 0.717) is 11.5 Å². The summed E-state index contributed by atoms with van der Waals surface area (Å²) in [5, 5.41) is 0. The summed E-state index contributed by atoms with van der Waals surface area (Å²) in [6.07, 6.45) is 0. The standard InChI is InChI=1S/C18H21N3O/c19-17-12-21(11-16(17)14-6-2-1-3-7-14)10-13-5-4-8-15(9-13)18(20)22/h1-9,16-17H,10-12,19H2,(H2,20,22)/t16-,17+/m0/s1. The predicted molar refractivity (Wildman–Crippen MR) is 87.4 cm³/mol. The Morgan fingerprint density at radius 2 is 1.86 bits per heavy atom. The highest BCUT2D eigenvalue weighted by Crippen LogP contribution is 2.27. The van der Waals surface area contributed by atoms with Crippen molar-refractivity contribution in [2.45, 2.75) is 18.5 Å². The van der Waals surface area contributed by atoms with Gasteiger partial charge in [-0.3, -0.25) is 9.69 Å². The van der Waals surface area contributed by atoms with Crippen LogP contribution in [0.1, 0.15) is 27.4 Å². The van der Waals surface area contributed by atoms with Gasteiger partial charge in [0, 0.05) is 37.2 Å². The van der Waals surface area contributed by atoms with E-state index in [2.05, 4.69) is 29.2 Å². The second-order valence-corrected chi connectivity index (χ2v) is 5.94. The largest absolute Gasteiger partial charge is 0.366 e. The summed E-state index contributed by atoms with van der Waals surface area (Å²) in [6.45, 7) is 2.59. The number of amides is 1. The topological polar surface area (TPSA) is 72.4 Å². The number of hydrogen-bond acceptors (Lipinski definition) is 3. The van der Waals surface area contributed by atoms with Crippen LogP contribution in [0.25, 0.3) is 0 Å². The Balaban J connectivity index is 1.70. The molecule has 4 N–H and O–H groups in total. The minimum Gasteiger partial charge on any atom is -0.366 e. The van der Waals surface area contributed by atoms with E-state index in [1.807, 2.05) is 24.3 Å². The van der Waals surface area contributed by atoms with Crippen molar-refractivity contribution < 1.29 is 4.79 Å². The molecule has 0 unspecified atom stereocenters. The van der Waals surface area contributed by atoms with E-state index >= 15 is 0 Å². The van der Waals surface area contributed by atoms with Crippen LogP contribution in [0.2, 0.25) is 0 Å². The van der Waals surface area contributed by atoms with Gasteiger partial charge in [-0.2, -0.15) is 0 Å². The maximum atomic E-state index is 11.3. The predicted octanol–water partition coefficient (Wildman–Crippen LogP) is 1.71. The van der Waals surface area contributed by atoms with Crippen LogP contribution in [0.4, 0.5) is 0 Å². The second-order valence-electron chi connectivity index (χ2n) is 5.94. The zero-order chi connectivity index (χ0) is 15.5. The zero-order valence-corrected chi connectivity index (χ0v) is 12.5. The van der Waals surface area contributed by atoms with E-state index in [-0.39, 0.29) is 11.9 Å². The van der Waals surface area contributed by atoms with Crippen LogP contribution < -0.4 is 11.5 Å². The maximum absolute atomic E-state index is 11.3. The Bertz CT molecular complexity index is 656. The van der Waals surface area contributed by atoms with Crippen molar-refractivity contribution in [1.29, 1.82) is 0 Å². The highest BCUT2D eigenvalue weighted by atomic mass is 16.1. The molecule has 4 nitrogen and oxygen atoms in total. The molecule has 1 aliphatic heterocycles. The van der Waals surface area contributed by atoms with Gasteiger partial charge in [0.15, 0.2) is 0 Å². The first kappa shape index (κ1) is 14.8. The summed E-state index contributed by atoms with van der Waals surface area (Å²) in [5.74, 6) is -0.0253. The average molecular weight is 295 g/mol. The van der Waals surface area contributed by atoms with Crippen molar-refractivity contribution in [3.8, 4) is 0 Å². The Morgan fingerprint density at radius 1 is 1.09 bits per heavy atom. The molecule has 3 rings (SSSR count). The van der Waals surface area contributed by atoms with E-state index in [4.69, 9.17) is 11.5 Å². The lowest BCUT2D eigenvalue weighted by molar-refractivity contribution is 0.1000. The Morgan fingerprint density at radius 3 is 2.59 bits per heavy atom. The summed E-state index contributed by atoms with van der Waals surface area (Å²) >= 11 is 0. The molecule has 1 fully saturated rings. The number of primary amides is 1. The van der Waals surface area contributed by atoms with Gasteiger partial charge in [-0.05, 0) is 23.3 Å². The third-order valence-electron chi connectivity index (χ3n) is 4.29. The van der Waals surface area contributed by atoms with Gasteiger partial charge in [0.1, 0.15) is 0 Å². The van der Waals surface area contributed by atoms with Gasteiger partial charge in [0.05, 0.1) is 0 Å². The molecule has 1 amide bonds. The quantitative estimate of drug-likeness (QED) is 0.902.